The molecular weight excluding hydrogens is 265 g/mol. The number of nitrogens with zero attached hydrogens (tertiary/aromatic N) is 2. The third-order valence-corrected chi connectivity index (χ3v) is 3.67. The van der Waals surface area contributed by atoms with Gasteiger partial charge in [0.05, 0.1) is 17.3 Å². The molecule has 2 rings (SSSR count). The Morgan fingerprint density at radius 3 is 2.68 bits per heavy atom. The van der Waals surface area contributed by atoms with Crippen molar-refractivity contribution in [3.05, 3.63) is 51.6 Å². The van der Waals surface area contributed by atoms with E-state index in [1.54, 1.807) is 12.1 Å². The summed E-state index contributed by atoms with van der Waals surface area (Å²) in [6, 6.07) is 4.72. The number of aryl methyl sites for hydroxylation is 1. The molecule has 2 N–H and O–H groups in total. The lowest BCUT2D eigenvalue weighted by atomic mass is 10.1. The standard InChI is InChI=1S/C14H17ClFN3/c1-8(17)13-9(2)18-19(10(13)3)7-11-5-4-6-12(16)14(11)15/h4-6,8H,7,17H2,1-3H3. The summed E-state index contributed by atoms with van der Waals surface area (Å²) in [4.78, 5) is 0. The van der Waals surface area contributed by atoms with Gasteiger partial charge in [0.2, 0.25) is 0 Å². The average Bonchev–Trinajstić information content (AvgIpc) is 2.60. The molecule has 1 unspecified atom stereocenters. The van der Waals surface area contributed by atoms with Gasteiger partial charge in [0.15, 0.2) is 0 Å². The van der Waals surface area contributed by atoms with Gasteiger partial charge in [0, 0.05) is 17.3 Å². The Labute approximate surface area is 117 Å². The minimum absolute atomic E-state index is 0.0725. The molecule has 19 heavy (non-hydrogen) atoms. The van der Waals surface area contributed by atoms with E-state index in [0.717, 1.165) is 17.0 Å². The summed E-state index contributed by atoms with van der Waals surface area (Å²) in [7, 11) is 0. The molecule has 0 aliphatic carbocycles. The first-order valence-corrected chi connectivity index (χ1v) is 6.52. The Kier molecular flexibility index (Phi) is 3.92. The zero-order valence-electron chi connectivity index (χ0n) is 11.2. The maximum absolute atomic E-state index is 13.4. The molecule has 0 amide bonds. The number of halogens is 2. The number of aromatic nitrogens is 2. The third-order valence-electron chi connectivity index (χ3n) is 3.24. The lowest BCUT2D eigenvalue weighted by molar-refractivity contribution is 0.616. The van der Waals surface area contributed by atoms with Crippen LogP contribution in [0.25, 0.3) is 0 Å². The van der Waals surface area contributed by atoms with Gasteiger partial charge in [-0.3, -0.25) is 4.68 Å². The molecule has 102 valence electrons. The van der Waals surface area contributed by atoms with E-state index in [1.165, 1.54) is 6.07 Å². The van der Waals surface area contributed by atoms with Gasteiger partial charge in [-0.05, 0) is 32.4 Å². The van der Waals surface area contributed by atoms with Crippen LogP contribution in [-0.4, -0.2) is 9.78 Å². The number of hydrogen-bond acceptors (Lipinski definition) is 2. The second kappa shape index (κ2) is 5.31. The molecule has 0 saturated carbocycles. The zero-order chi connectivity index (χ0) is 14.2. The van der Waals surface area contributed by atoms with E-state index in [9.17, 15) is 4.39 Å². The lowest BCUT2D eigenvalue weighted by Gasteiger charge is -2.09. The van der Waals surface area contributed by atoms with Gasteiger partial charge in [-0.25, -0.2) is 4.39 Å². The van der Waals surface area contributed by atoms with E-state index in [2.05, 4.69) is 5.10 Å². The smallest absolute Gasteiger partial charge is 0.142 e. The molecule has 5 heteroatoms. The molecule has 0 bridgehead atoms. The van der Waals surface area contributed by atoms with Gasteiger partial charge in [0.25, 0.3) is 0 Å². The lowest BCUT2D eigenvalue weighted by Crippen LogP contribution is -2.09. The first kappa shape index (κ1) is 14.0. The molecule has 1 aromatic heterocycles. The number of benzene rings is 1. The van der Waals surface area contributed by atoms with Crippen LogP contribution in [0.4, 0.5) is 4.39 Å². The quantitative estimate of drug-likeness (QED) is 0.937. The summed E-state index contributed by atoms with van der Waals surface area (Å²) in [5, 5.41) is 4.60. The summed E-state index contributed by atoms with van der Waals surface area (Å²) in [5.41, 5.74) is 9.58. The van der Waals surface area contributed by atoms with Crippen molar-refractivity contribution in [3.8, 4) is 0 Å². The summed E-state index contributed by atoms with van der Waals surface area (Å²) in [5.74, 6) is -0.409. The van der Waals surface area contributed by atoms with Gasteiger partial charge in [-0.2, -0.15) is 5.10 Å². The third kappa shape index (κ3) is 2.65. The molecule has 0 saturated heterocycles. The van der Waals surface area contributed by atoms with Crippen LogP contribution < -0.4 is 5.73 Å². The molecule has 0 fully saturated rings. The van der Waals surface area contributed by atoms with Crippen molar-refractivity contribution in [1.82, 2.24) is 9.78 Å². The molecule has 0 aliphatic rings. The fraction of sp³-hybridized carbons (Fsp3) is 0.357. The van der Waals surface area contributed by atoms with Crippen LogP contribution >= 0.6 is 11.6 Å². The number of nitrogens with two attached hydrogens (primary N) is 1. The molecule has 0 spiro atoms. The van der Waals surface area contributed by atoms with Crippen molar-refractivity contribution in [2.75, 3.05) is 0 Å². The van der Waals surface area contributed by atoms with Crippen molar-refractivity contribution < 1.29 is 4.39 Å². The SMILES string of the molecule is Cc1nn(Cc2cccc(F)c2Cl)c(C)c1C(C)N. The van der Waals surface area contributed by atoms with Crippen molar-refractivity contribution in [2.45, 2.75) is 33.4 Å². The zero-order valence-corrected chi connectivity index (χ0v) is 12.0. The molecule has 2 aromatic rings. The maximum Gasteiger partial charge on any atom is 0.142 e. The van der Waals surface area contributed by atoms with Crippen molar-refractivity contribution in [2.24, 2.45) is 5.73 Å². The molecule has 1 heterocycles. The van der Waals surface area contributed by atoms with Crippen LogP contribution in [0.5, 0.6) is 0 Å². The summed E-state index contributed by atoms with van der Waals surface area (Å²) >= 11 is 5.96. The Morgan fingerprint density at radius 2 is 2.11 bits per heavy atom. The molecule has 1 aromatic carbocycles. The molecule has 0 radical (unpaired) electrons. The van der Waals surface area contributed by atoms with Crippen molar-refractivity contribution in [3.63, 3.8) is 0 Å². The van der Waals surface area contributed by atoms with Crippen LogP contribution in [-0.2, 0) is 6.54 Å². The highest BCUT2D eigenvalue weighted by molar-refractivity contribution is 6.31. The highest BCUT2D eigenvalue weighted by Crippen LogP contribution is 2.24. The first-order valence-electron chi connectivity index (χ1n) is 6.14. The van der Waals surface area contributed by atoms with Gasteiger partial charge < -0.3 is 5.73 Å². The fourth-order valence-electron chi connectivity index (χ4n) is 2.36. The Morgan fingerprint density at radius 1 is 1.42 bits per heavy atom. The maximum atomic E-state index is 13.4. The first-order chi connectivity index (χ1) is 8.91. The van der Waals surface area contributed by atoms with E-state index >= 15 is 0 Å². The van der Waals surface area contributed by atoms with Gasteiger partial charge in [0.1, 0.15) is 5.82 Å². The average molecular weight is 282 g/mol. The van der Waals surface area contributed by atoms with Gasteiger partial charge >= 0.3 is 0 Å². The van der Waals surface area contributed by atoms with E-state index in [0.29, 0.717) is 12.1 Å². The predicted octanol–water partition coefficient (Wildman–Crippen LogP) is 3.36. The Balaban J connectivity index is 2.39. The number of hydrogen-bond donors (Lipinski definition) is 1. The predicted molar refractivity (Wildman–Crippen MR) is 74.8 cm³/mol. The summed E-state index contributed by atoms with van der Waals surface area (Å²) < 4.78 is 15.2. The Bertz CT molecular complexity index is 605. The van der Waals surface area contributed by atoms with E-state index in [-0.39, 0.29) is 11.1 Å². The van der Waals surface area contributed by atoms with Crippen LogP contribution in [0.1, 0.15) is 35.5 Å². The number of rotatable bonds is 3. The molecular formula is C14H17ClFN3. The summed E-state index contributed by atoms with van der Waals surface area (Å²) in [6.45, 7) is 6.26. The van der Waals surface area contributed by atoms with Crippen LogP contribution in [0, 0.1) is 19.7 Å². The monoisotopic (exact) mass is 281 g/mol. The van der Waals surface area contributed by atoms with Gasteiger partial charge in [-0.1, -0.05) is 23.7 Å². The van der Waals surface area contributed by atoms with E-state index < -0.39 is 5.82 Å². The largest absolute Gasteiger partial charge is 0.324 e. The second-order valence-electron chi connectivity index (χ2n) is 4.74. The van der Waals surface area contributed by atoms with Gasteiger partial charge in [-0.15, -0.1) is 0 Å². The van der Waals surface area contributed by atoms with Crippen molar-refractivity contribution >= 4 is 11.6 Å². The minimum Gasteiger partial charge on any atom is -0.324 e. The topological polar surface area (TPSA) is 43.8 Å². The van der Waals surface area contributed by atoms with Crippen LogP contribution in [0.15, 0.2) is 18.2 Å². The normalized spacial score (nSPS) is 12.7. The molecule has 3 nitrogen and oxygen atoms in total. The van der Waals surface area contributed by atoms with E-state index in [1.807, 2.05) is 25.5 Å². The highest BCUT2D eigenvalue weighted by Gasteiger charge is 2.16. The van der Waals surface area contributed by atoms with E-state index in [4.69, 9.17) is 17.3 Å². The van der Waals surface area contributed by atoms with Crippen molar-refractivity contribution in [1.29, 1.82) is 0 Å². The molecule has 0 aliphatic heterocycles. The fourth-order valence-corrected chi connectivity index (χ4v) is 2.54. The highest BCUT2D eigenvalue weighted by atomic mass is 35.5. The van der Waals surface area contributed by atoms with Crippen LogP contribution in [0.3, 0.4) is 0 Å². The molecule has 1 atom stereocenters. The summed E-state index contributed by atoms with van der Waals surface area (Å²) in [6.07, 6.45) is 0. The second-order valence-corrected chi connectivity index (χ2v) is 5.12. The van der Waals surface area contributed by atoms with Crippen LogP contribution in [0.2, 0.25) is 5.02 Å². The Hall–Kier alpha value is -1.39. The minimum atomic E-state index is -0.409.